The highest BCUT2D eigenvalue weighted by Crippen LogP contribution is 1.97. The van der Waals surface area contributed by atoms with E-state index in [0.717, 1.165) is 6.42 Å². The van der Waals surface area contributed by atoms with Crippen LogP contribution in [0.2, 0.25) is 0 Å². The molecule has 0 aliphatic carbocycles. The number of hydrogen-bond acceptors (Lipinski definition) is 3. The lowest BCUT2D eigenvalue weighted by Crippen LogP contribution is -2.06. The molecule has 4 nitrogen and oxygen atoms in total. The Kier molecular flexibility index (Phi) is 2.85. The summed E-state index contributed by atoms with van der Waals surface area (Å²) in [6, 6.07) is 0. The molecule has 1 N–H and O–H groups in total. The summed E-state index contributed by atoms with van der Waals surface area (Å²) >= 11 is 0. The number of hydrogen-bond donors (Lipinski definition) is 1. The van der Waals surface area contributed by atoms with E-state index in [1.807, 2.05) is 6.92 Å². The fourth-order valence-corrected chi connectivity index (χ4v) is 0.740. The number of H-pyrrole nitrogens is 1. The van der Waals surface area contributed by atoms with Crippen LogP contribution in [-0.2, 0) is 4.74 Å². The van der Waals surface area contributed by atoms with Crippen LogP contribution in [0.3, 0.4) is 0 Å². The summed E-state index contributed by atoms with van der Waals surface area (Å²) in [7, 11) is 0. The number of esters is 1. The van der Waals surface area contributed by atoms with Crippen molar-refractivity contribution in [2.24, 2.45) is 0 Å². The maximum absolute atomic E-state index is 11.1. The molecule has 1 heterocycles. The van der Waals surface area contributed by atoms with Gasteiger partial charge in [0.15, 0.2) is 5.69 Å². The molecule has 0 saturated heterocycles. The quantitative estimate of drug-likeness (QED) is 0.685. The van der Waals surface area contributed by atoms with E-state index in [1.165, 1.54) is 0 Å². The first-order valence-corrected chi connectivity index (χ1v) is 3.85. The Morgan fingerprint density at radius 1 is 1.75 bits per heavy atom. The zero-order chi connectivity index (χ0) is 8.97. The lowest BCUT2D eigenvalue weighted by Gasteiger charge is -1.98. The summed E-state index contributed by atoms with van der Waals surface area (Å²) in [6.45, 7) is 4.13. The van der Waals surface area contributed by atoms with Crippen molar-refractivity contribution in [2.75, 3.05) is 6.61 Å². The van der Waals surface area contributed by atoms with Crippen molar-refractivity contribution in [1.29, 1.82) is 0 Å². The third-order valence-corrected chi connectivity index (χ3v) is 1.28. The van der Waals surface area contributed by atoms with Crippen molar-refractivity contribution >= 4 is 5.97 Å². The first-order chi connectivity index (χ1) is 5.74. The fourth-order valence-electron chi connectivity index (χ4n) is 0.740. The predicted octanol–water partition coefficient (Wildman–Crippen LogP) is 1.09. The van der Waals surface area contributed by atoms with Crippen molar-refractivity contribution < 1.29 is 9.53 Å². The average molecular weight is 167 g/mol. The molecule has 0 spiro atoms. The molecule has 1 aromatic rings. The minimum absolute atomic E-state index is 0.293. The highest BCUT2D eigenvalue weighted by atomic mass is 16.5. The number of aromatic nitrogens is 2. The highest BCUT2D eigenvalue weighted by Gasteiger charge is 2.08. The highest BCUT2D eigenvalue weighted by molar-refractivity contribution is 5.86. The Hall–Kier alpha value is -1.32. The molecule has 0 aliphatic heterocycles. The number of ether oxygens (including phenoxy) is 1. The van der Waals surface area contributed by atoms with Gasteiger partial charge in [0, 0.05) is 0 Å². The van der Waals surface area contributed by atoms with E-state index in [1.54, 1.807) is 6.92 Å². The van der Waals surface area contributed by atoms with E-state index < -0.39 is 5.97 Å². The van der Waals surface area contributed by atoms with Gasteiger partial charge in [-0.3, -0.25) is 0 Å². The van der Waals surface area contributed by atoms with Gasteiger partial charge in [-0.25, -0.2) is 9.78 Å². The zero-order valence-electron chi connectivity index (χ0n) is 7.18. The SMILES string of the molecule is CCCOC(=O)c1[c]nc(C)[nH]1. The predicted molar refractivity (Wildman–Crippen MR) is 42.7 cm³/mol. The van der Waals surface area contributed by atoms with Crippen LogP contribution in [0.4, 0.5) is 0 Å². The Morgan fingerprint density at radius 3 is 3.00 bits per heavy atom. The smallest absolute Gasteiger partial charge is 0.357 e. The van der Waals surface area contributed by atoms with E-state index >= 15 is 0 Å². The van der Waals surface area contributed by atoms with Gasteiger partial charge >= 0.3 is 5.97 Å². The molecule has 1 radical (unpaired) electrons. The molecule has 0 saturated carbocycles. The van der Waals surface area contributed by atoms with E-state index in [-0.39, 0.29) is 0 Å². The average Bonchev–Trinajstić information content (AvgIpc) is 2.47. The summed E-state index contributed by atoms with van der Waals surface area (Å²) in [5, 5.41) is 0. The topological polar surface area (TPSA) is 55.0 Å². The molecule has 0 bridgehead atoms. The normalized spacial score (nSPS) is 9.83. The molecule has 4 heteroatoms. The Labute approximate surface area is 71.0 Å². The number of carbonyl (C=O) groups is 1. The molecule has 0 unspecified atom stereocenters. The molecular weight excluding hydrogens is 156 g/mol. The molecule has 1 aromatic heterocycles. The minimum atomic E-state index is -0.391. The molecular formula is C8H11N2O2. The largest absolute Gasteiger partial charge is 0.461 e. The van der Waals surface area contributed by atoms with Crippen molar-refractivity contribution in [2.45, 2.75) is 20.3 Å². The summed E-state index contributed by atoms with van der Waals surface area (Å²) in [5.41, 5.74) is 0.293. The maximum atomic E-state index is 11.1. The van der Waals surface area contributed by atoms with Gasteiger partial charge in [-0.05, 0) is 13.3 Å². The molecule has 0 aromatic carbocycles. The van der Waals surface area contributed by atoms with E-state index in [0.29, 0.717) is 18.1 Å². The van der Waals surface area contributed by atoms with Crippen LogP contribution in [0, 0.1) is 13.1 Å². The van der Waals surface area contributed by atoms with Gasteiger partial charge in [-0.1, -0.05) is 6.92 Å². The van der Waals surface area contributed by atoms with Crippen molar-refractivity contribution in [3.8, 4) is 0 Å². The Bertz CT molecular complexity index is 268. The van der Waals surface area contributed by atoms with Crippen molar-refractivity contribution in [1.82, 2.24) is 9.97 Å². The Morgan fingerprint density at radius 2 is 2.50 bits per heavy atom. The van der Waals surface area contributed by atoms with E-state index in [4.69, 9.17) is 4.74 Å². The minimum Gasteiger partial charge on any atom is -0.461 e. The molecule has 0 atom stereocenters. The molecule has 12 heavy (non-hydrogen) atoms. The molecule has 1 rings (SSSR count). The van der Waals surface area contributed by atoms with Gasteiger partial charge in [0.2, 0.25) is 0 Å². The van der Waals surface area contributed by atoms with Crippen LogP contribution in [0.1, 0.15) is 29.7 Å². The van der Waals surface area contributed by atoms with E-state index in [9.17, 15) is 4.79 Å². The Balaban J connectivity index is 2.53. The van der Waals surface area contributed by atoms with Crippen LogP contribution in [0.5, 0.6) is 0 Å². The molecule has 0 amide bonds. The summed E-state index contributed by atoms with van der Waals surface area (Å²) < 4.78 is 4.85. The van der Waals surface area contributed by atoms with Crippen LogP contribution in [-0.4, -0.2) is 22.5 Å². The number of aryl methyl sites for hydroxylation is 1. The number of nitrogens with one attached hydrogen (secondary N) is 1. The van der Waals surface area contributed by atoms with E-state index in [2.05, 4.69) is 16.2 Å². The number of rotatable bonds is 3. The van der Waals surface area contributed by atoms with Crippen LogP contribution >= 0.6 is 0 Å². The second kappa shape index (κ2) is 3.90. The fraction of sp³-hybridized carbons (Fsp3) is 0.500. The summed E-state index contributed by atoms with van der Waals surface area (Å²) in [6.07, 6.45) is 3.35. The monoisotopic (exact) mass is 167 g/mol. The van der Waals surface area contributed by atoms with Gasteiger partial charge < -0.3 is 9.72 Å². The molecule has 65 valence electrons. The number of carbonyl (C=O) groups excluding carboxylic acids is 1. The maximum Gasteiger partial charge on any atom is 0.357 e. The van der Waals surface area contributed by atoms with Gasteiger partial charge in [0.1, 0.15) is 12.0 Å². The number of aromatic amines is 1. The lowest BCUT2D eigenvalue weighted by molar-refractivity contribution is 0.0498. The second-order valence-electron chi connectivity index (χ2n) is 2.44. The third kappa shape index (κ3) is 2.08. The standard InChI is InChI=1S/C8H11N2O2/c1-3-4-12-8(11)7-5-9-6(2)10-7/h3-4H2,1-2H3,(H,9,10). The van der Waals surface area contributed by atoms with Crippen molar-refractivity contribution in [3.05, 3.63) is 17.7 Å². The van der Waals surface area contributed by atoms with Gasteiger partial charge in [-0.15, -0.1) is 0 Å². The van der Waals surface area contributed by atoms with Crippen LogP contribution in [0.15, 0.2) is 0 Å². The lowest BCUT2D eigenvalue weighted by atomic mass is 10.5. The number of imidazole rings is 1. The first-order valence-electron chi connectivity index (χ1n) is 3.85. The molecule has 0 fully saturated rings. The second-order valence-corrected chi connectivity index (χ2v) is 2.44. The third-order valence-electron chi connectivity index (χ3n) is 1.28. The van der Waals surface area contributed by atoms with Crippen LogP contribution in [0.25, 0.3) is 0 Å². The zero-order valence-corrected chi connectivity index (χ0v) is 7.18. The first kappa shape index (κ1) is 8.77. The van der Waals surface area contributed by atoms with Crippen LogP contribution < -0.4 is 0 Å². The van der Waals surface area contributed by atoms with Gasteiger partial charge in [0.25, 0.3) is 0 Å². The summed E-state index contributed by atoms with van der Waals surface area (Å²) in [4.78, 5) is 17.6. The van der Waals surface area contributed by atoms with Crippen molar-refractivity contribution in [3.63, 3.8) is 0 Å². The van der Waals surface area contributed by atoms with Gasteiger partial charge in [0.05, 0.1) is 6.61 Å². The summed E-state index contributed by atoms with van der Waals surface area (Å²) in [5.74, 6) is 0.274. The molecule has 0 aliphatic rings. The van der Waals surface area contributed by atoms with Gasteiger partial charge in [-0.2, -0.15) is 0 Å². The number of nitrogens with zero attached hydrogens (tertiary/aromatic N) is 1.